The predicted octanol–water partition coefficient (Wildman–Crippen LogP) is 3.77. The van der Waals surface area contributed by atoms with Crippen molar-refractivity contribution >= 4 is 17.4 Å². The molecule has 0 fully saturated rings. The van der Waals surface area contributed by atoms with Crippen molar-refractivity contribution in [1.29, 1.82) is 0 Å². The molecule has 2 aromatic rings. The van der Waals surface area contributed by atoms with Crippen LogP contribution in [-0.2, 0) is 0 Å². The molecule has 0 aliphatic heterocycles. The van der Waals surface area contributed by atoms with E-state index in [4.69, 9.17) is 5.73 Å². The fourth-order valence-corrected chi connectivity index (χ4v) is 3.15. The van der Waals surface area contributed by atoms with Gasteiger partial charge in [-0.2, -0.15) is 0 Å². The molecule has 0 heterocycles. The highest BCUT2D eigenvalue weighted by Crippen LogP contribution is 2.40. The highest BCUT2D eigenvalue weighted by molar-refractivity contribution is 7.99. The maximum atomic E-state index is 11.2. The predicted molar refractivity (Wildman–Crippen MR) is 82.4 cm³/mol. The Morgan fingerprint density at radius 1 is 1.10 bits per heavy atom. The van der Waals surface area contributed by atoms with Crippen LogP contribution in [0.5, 0.6) is 0 Å². The summed E-state index contributed by atoms with van der Waals surface area (Å²) in [6.07, 6.45) is 0. The van der Waals surface area contributed by atoms with Gasteiger partial charge in [-0.25, -0.2) is 0 Å². The smallest absolute Gasteiger partial charge is 0.226 e. The van der Waals surface area contributed by atoms with E-state index in [0.717, 1.165) is 10.5 Å². The van der Waals surface area contributed by atoms with Crippen LogP contribution in [0.4, 0.5) is 5.69 Å². The first-order valence-electron chi connectivity index (χ1n) is 6.29. The van der Waals surface area contributed by atoms with Crippen molar-refractivity contribution in [2.45, 2.75) is 23.1 Å². The molecule has 0 saturated carbocycles. The van der Waals surface area contributed by atoms with E-state index in [1.54, 1.807) is 13.0 Å². The molecule has 5 heteroatoms. The van der Waals surface area contributed by atoms with Crippen molar-refractivity contribution < 1.29 is 4.92 Å². The van der Waals surface area contributed by atoms with Crippen LogP contribution in [0.2, 0.25) is 0 Å². The van der Waals surface area contributed by atoms with Crippen molar-refractivity contribution in [1.82, 2.24) is 0 Å². The molecular formula is C15H16N2O2S. The summed E-state index contributed by atoms with van der Waals surface area (Å²) < 4.78 is 0. The summed E-state index contributed by atoms with van der Waals surface area (Å²) in [6.45, 7) is 1.63. The number of hydrogen-bond acceptors (Lipinski definition) is 4. The van der Waals surface area contributed by atoms with E-state index in [1.807, 2.05) is 48.5 Å². The van der Waals surface area contributed by atoms with E-state index in [1.165, 1.54) is 11.8 Å². The summed E-state index contributed by atoms with van der Waals surface area (Å²) in [5, 5.41) is 10.9. The molecule has 0 spiro atoms. The Balaban J connectivity index is 2.33. The van der Waals surface area contributed by atoms with E-state index in [-0.39, 0.29) is 10.2 Å². The van der Waals surface area contributed by atoms with Crippen LogP contribution in [-0.4, -0.2) is 11.0 Å². The SMILES string of the molecule is C[C@H]([C@@H](Sc1ccccc1N)c1ccccc1)[N+](=O)[O-]. The third-order valence-electron chi connectivity index (χ3n) is 3.07. The highest BCUT2D eigenvalue weighted by Gasteiger charge is 2.29. The summed E-state index contributed by atoms with van der Waals surface area (Å²) >= 11 is 1.44. The standard InChI is InChI=1S/C15H16N2O2S/c1-11(17(18)19)15(12-7-3-2-4-8-12)20-14-10-6-5-9-13(14)16/h2-11,15H,16H2,1H3/t11-,15-/m1/s1. The Bertz CT molecular complexity index is 589. The highest BCUT2D eigenvalue weighted by atomic mass is 32.2. The summed E-state index contributed by atoms with van der Waals surface area (Å²) in [7, 11) is 0. The molecule has 0 bridgehead atoms. The Labute approximate surface area is 122 Å². The van der Waals surface area contributed by atoms with E-state index in [2.05, 4.69) is 0 Å². The second-order valence-electron chi connectivity index (χ2n) is 4.51. The fourth-order valence-electron chi connectivity index (χ4n) is 1.92. The molecule has 2 aromatic carbocycles. The first-order valence-corrected chi connectivity index (χ1v) is 7.17. The van der Waals surface area contributed by atoms with Gasteiger partial charge >= 0.3 is 0 Å². The van der Waals surface area contributed by atoms with E-state index >= 15 is 0 Å². The molecule has 4 nitrogen and oxygen atoms in total. The third-order valence-corrected chi connectivity index (χ3v) is 4.62. The molecule has 20 heavy (non-hydrogen) atoms. The topological polar surface area (TPSA) is 69.2 Å². The van der Waals surface area contributed by atoms with Gasteiger partial charge in [0.25, 0.3) is 0 Å². The van der Waals surface area contributed by atoms with Gasteiger partial charge in [-0.05, 0) is 17.7 Å². The summed E-state index contributed by atoms with van der Waals surface area (Å²) in [4.78, 5) is 11.8. The van der Waals surface area contributed by atoms with Crippen LogP contribution in [0.3, 0.4) is 0 Å². The molecular weight excluding hydrogens is 272 g/mol. The van der Waals surface area contributed by atoms with Crippen LogP contribution >= 0.6 is 11.8 Å². The lowest BCUT2D eigenvalue weighted by molar-refractivity contribution is -0.518. The van der Waals surface area contributed by atoms with Gasteiger partial charge in [0.1, 0.15) is 5.25 Å². The molecule has 0 unspecified atom stereocenters. The lowest BCUT2D eigenvalue weighted by Gasteiger charge is -2.19. The van der Waals surface area contributed by atoms with E-state index < -0.39 is 6.04 Å². The number of thioether (sulfide) groups is 1. The van der Waals surface area contributed by atoms with Crippen LogP contribution in [0, 0.1) is 10.1 Å². The number of benzene rings is 2. The Morgan fingerprint density at radius 3 is 2.30 bits per heavy atom. The molecule has 0 amide bonds. The number of nitrogens with two attached hydrogens (primary N) is 1. The zero-order valence-corrected chi connectivity index (χ0v) is 11.9. The average Bonchev–Trinajstić information content (AvgIpc) is 2.46. The van der Waals surface area contributed by atoms with Crippen LogP contribution < -0.4 is 5.73 Å². The molecule has 0 saturated heterocycles. The largest absolute Gasteiger partial charge is 0.398 e. The molecule has 2 atom stereocenters. The molecule has 104 valence electrons. The summed E-state index contributed by atoms with van der Waals surface area (Å²) in [5.74, 6) is 0. The second-order valence-corrected chi connectivity index (χ2v) is 5.70. The molecule has 0 aliphatic carbocycles. The number of anilines is 1. The monoisotopic (exact) mass is 288 g/mol. The lowest BCUT2D eigenvalue weighted by Crippen LogP contribution is -2.22. The van der Waals surface area contributed by atoms with Crippen molar-refractivity contribution in [3.8, 4) is 0 Å². The number of nitrogens with zero attached hydrogens (tertiary/aromatic N) is 1. The molecule has 0 radical (unpaired) electrons. The zero-order valence-electron chi connectivity index (χ0n) is 11.1. The van der Waals surface area contributed by atoms with Gasteiger partial charge in [-0.15, -0.1) is 11.8 Å². The summed E-state index contributed by atoms with van der Waals surface area (Å²) in [6, 6.07) is 16.3. The second kappa shape index (κ2) is 6.43. The van der Waals surface area contributed by atoms with Gasteiger partial charge < -0.3 is 5.73 Å². The molecule has 0 aliphatic rings. The van der Waals surface area contributed by atoms with Crippen LogP contribution in [0.15, 0.2) is 59.5 Å². The van der Waals surface area contributed by atoms with E-state index in [0.29, 0.717) is 5.69 Å². The minimum Gasteiger partial charge on any atom is -0.398 e. The van der Waals surface area contributed by atoms with Crippen molar-refractivity contribution in [2.75, 3.05) is 5.73 Å². The van der Waals surface area contributed by atoms with Crippen molar-refractivity contribution in [2.24, 2.45) is 0 Å². The number of hydrogen-bond donors (Lipinski definition) is 1. The third kappa shape index (κ3) is 3.30. The van der Waals surface area contributed by atoms with Crippen LogP contribution in [0.1, 0.15) is 17.7 Å². The number of nitro groups is 1. The average molecular weight is 288 g/mol. The quantitative estimate of drug-likeness (QED) is 0.393. The first kappa shape index (κ1) is 14.4. The number of para-hydroxylation sites is 1. The van der Waals surface area contributed by atoms with Gasteiger partial charge in [-0.3, -0.25) is 10.1 Å². The zero-order chi connectivity index (χ0) is 14.5. The van der Waals surface area contributed by atoms with Gasteiger partial charge in [-0.1, -0.05) is 42.5 Å². The normalized spacial score (nSPS) is 13.7. The first-order chi connectivity index (χ1) is 9.59. The minimum absolute atomic E-state index is 0.246. The fraction of sp³-hybridized carbons (Fsp3) is 0.200. The number of rotatable bonds is 5. The van der Waals surface area contributed by atoms with Gasteiger partial charge in [0.05, 0.1) is 0 Å². The van der Waals surface area contributed by atoms with Crippen molar-refractivity contribution in [3.63, 3.8) is 0 Å². The Morgan fingerprint density at radius 2 is 1.70 bits per heavy atom. The van der Waals surface area contributed by atoms with Crippen molar-refractivity contribution in [3.05, 3.63) is 70.3 Å². The van der Waals surface area contributed by atoms with E-state index in [9.17, 15) is 10.1 Å². The van der Waals surface area contributed by atoms with Crippen LogP contribution in [0.25, 0.3) is 0 Å². The Hall–Kier alpha value is -2.01. The van der Waals surface area contributed by atoms with Gasteiger partial charge in [0, 0.05) is 22.4 Å². The number of nitrogen functional groups attached to an aromatic ring is 1. The minimum atomic E-state index is -0.693. The maximum Gasteiger partial charge on any atom is 0.226 e. The Kier molecular flexibility index (Phi) is 4.63. The maximum absolute atomic E-state index is 11.2. The summed E-state index contributed by atoms with van der Waals surface area (Å²) in [5.41, 5.74) is 7.51. The van der Waals surface area contributed by atoms with Gasteiger partial charge in [0.15, 0.2) is 0 Å². The molecule has 0 aromatic heterocycles. The van der Waals surface area contributed by atoms with Gasteiger partial charge in [0.2, 0.25) is 6.04 Å². The molecule has 2 rings (SSSR count). The lowest BCUT2D eigenvalue weighted by atomic mass is 10.1. The molecule has 2 N–H and O–H groups in total.